The van der Waals surface area contributed by atoms with Crippen molar-refractivity contribution < 1.29 is 14.3 Å². The van der Waals surface area contributed by atoms with E-state index in [1.165, 1.54) is 12.0 Å². The second kappa shape index (κ2) is 5.16. The van der Waals surface area contributed by atoms with Crippen LogP contribution in [0.4, 0.5) is 10.5 Å². The maximum atomic E-state index is 11.8. The van der Waals surface area contributed by atoms with Crippen molar-refractivity contribution in [2.45, 2.75) is 0 Å². The first-order valence-electron chi connectivity index (χ1n) is 4.72. The summed E-state index contributed by atoms with van der Waals surface area (Å²) in [7, 11) is 4.57. The number of amides is 2. The minimum atomic E-state index is -0.598. The molecule has 0 saturated heterocycles. The van der Waals surface area contributed by atoms with Crippen LogP contribution in [0.15, 0.2) is 24.3 Å². The number of hydrogen-bond acceptors (Lipinski definition) is 3. The van der Waals surface area contributed by atoms with Crippen LogP contribution >= 0.6 is 0 Å². The Morgan fingerprint density at radius 3 is 2.44 bits per heavy atom. The molecule has 0 heterocycles. The first-order chi connectivity index (χ1) is 7.56. The summed E-state index contributed by atoms with van der Waals surface area (Å²) in [5, 5.41) is 2.49. The maximum absolute atomic E-state index is 11.8. The largest absolute Gasteiger partial charge is 0.453 e. The molecule has 0 atom stereocenters. The van der Waals surface area contributed by atoms with Crippen LogP contribution in [0.25, 0.3) is 0 Å². The lowest BCUT2D eigenvalue weighted by Crippen LogP contribution is -2.24. The van der Waals surface area contributed by atoms with E-state index in [0.29, 0.717) is 11.3 Å². The monoisotopic (exact) mass is 222 g/mol. The van der Waals surface area contributed by atoms with E-state index in [2.05, 4.69) is 10.1 Å². The van der Waals surface area contributed by atoms with Crippen LogP contribution in [0.1, 0.15) is 10.4 Å². The molecule has 0 aliphatic heterocycles. The number of ether oxygens (including phenoxy) is 1. The normalized spacial score (nSPS) is 9.44. The Morgan fingerprint density at radius 1 is 1.25 bits per heavy atom. The highest BCUT2D eigenvalue weighted by Gasteiger charge is 2.14. The lowest BCUT2D eigenvalue weighted by molar-refractivity contribution is 0.0828. The average Bonchev–Trinajstić information content (AvgIpc) is 2.28. The third-order valence-corrected chi connectivity index (χ3v) is 1.99. The zero-order chi connectivity index (χ0) is 12.1. The van der Waals surface area contributed by atoms with Gasteiger partial charge in [-0.3, -0.25) is 10.1 Å². The van der Waals surface area contributed by atoms with Gasteiger partial charge >= 0.3 is 6.09 Å². The fourth-order valence-corrected chi connectivity index (χ4v) is 1.18. The number of anilines is 1. The van der Waals surface area contributed by atoms with Crippen LogP contribution < -0.4 is 5.32 Å². The van der Waals surface area contributed by atoms with Crippen LogP contribution in [0.2, 0.25) is 0 Å². The molecule has 0 fully saturated rings. The van der Waals surface area contributed by atoms with E-state index >= 15 is 0 Å². The summed E-state index contributed by atoms with van der Waals surface area (Å²) in [6, 6.07) is 6.76. The number of nitrogens with zero attached hydrogens (tertiary/aromatic N) is 1. The van der Waals surface area contributed by atoms with E-state index in [1.807, 2.05) is 0 Å². The Hall–Kier alpha value is -2.04. The fourth-order valence-electron chi connectivity index (χ4n) is 1.18. The van der Waals surface area contributed by atoms with Gasteiger partial charge in [0.05, 0.1) is 18.4 Å². The number of carbonyl (C=O) groups excluding carboxylic acids is 2. The van der Waals surface area contributed by atoms with Gasteiger partial charge in [-0.05, 0) is 12.1 Å². The lowest BCUT2D eigenvalue weighted by atomic mass is 10.1. The number of carbonyl (C=O) groups is 2. The smallest absolute Gasteiger partial charge is 0.411 e. The van der Waals surface area contributed by atoms with E-state index in [-0.39, 0.29) is 5.91 Å². The predicted molar refractivity (Wildman–Crippen MR) is 60.5 cm³/mol. The fraction of sp³-hybridized carbons (Fsp3) is 0.273. The zero-order valence-corrected chi connectivity index (χ0v) is 9.48. The second-order valence-electron chi connectivity index (χ2n) is 3.36. The van der Waals surface area contributed by atoms with Crippen molar-refractivity contribution in [3.8, 4) is 0 Å². The molecule has 86 valence electrons. The highest BCUT2D eigenvalue weighted by Crippen LogP contribution is 2.16. The average molecular weight is 222 g/mol. The molecule has 0 bridgehead atoms. The van der Waals surface area contributed by atoms with Gasteiger partial charge in [-0.15, -0.1) is 0 Å². The SMILES string of the molecule is COC(=O)Nc1ccccc1C(=O)N(C)C. The van der Waals surface area contributed by atoms with Crippen LogP contribution in [0.3, 0.4) is 0 Å². The molecule has 0 aliphatic rings. The quantitative estimate of drug-likeness (QED) is 0.826. The molecule has 16 heavy (non-hydrogen) atoms. The highest BCUT2D eigenvalue weighted by atomic mass is 16.5. The summed E-state index contributed by atoms with van der Waals surface area (Å²) in [5.74, 6) is -0.174. The number of benzene rings is 1. The van der Waals surface area contributed by atoms with Crippen molar-refractivity contribution in [3.63, 3.8) is 0 Å². The van der Waals surface area contributed by atoms with Crippen molar-refractivity contribution in [1.82, 2.24) is 4.90 Å². The standard InChI is InChI=1S/C11H14N2O3/c1-13(2)10(14)8-6-4-5-7-9(8)12-11(15)16-3/h4-7H,1-3H3,(H,12,15). The molecular formula is C11H14N2O3. The first kappa shape index (κ1) is 12.0. The molecule has 5 nitrogen and oxygen atoms in total. The Kier molecular flexibility index (Phi) is 3.88. The van der Waals surface area contributed by atoms with Crippen LogP contribution in [-0.4, -0.2) is 38.1 Å². The first-order valence-corrected chi connectivity index (χ1v) is 4.72. The third-order valence-electron chi connectivity index (χ3n) is 1.99. The maximum Gasteiger partial charge on any atom is 0.411 e. The van der Waals surface area contributed by atoms with Gasteiger partial charge in [0, 0.05) is 14.1 Å². The van der Waals surface area contributed by atoms with Crippen molar-refractivity contribution in [2.24, 2.45) is 0 Å². The van der Waals surface area contributed by atoms with E-state index in [9.17, 15) is 9.59 Å². The van der Waals surface area contributed by atoms with E-state index in [1.54, 1.807) is 38.4 Å². The summed E-state index contributed by atoms with van der Waals surface area (Å²) in [6.07, 6.45) is -0.598. The van der Waals surface area contributed by atoms with Gasteiger partial charge in [-0.25, -0.2) is 4.79 Å². The highest BCUT2D eigenvalue weighted by molar-refractivity contribution is 6.02. The van der Waals surface area contributed by atoms with Crippen molar-refractivity contribution in [1.29, 1.82) is 0 Å². The van der Waals surface area contributed by atoms with E-state index < -0.39 is 6.09 Å². The summed E-state index contributed by atoms with van der Waals surface area (Å²) in [6.45, 7) is 0. The number of hydrogen-bond donors (Lipinski definition) is 1. The molecule has 0 aromatic heterocycles. The summed E-state index contributed by atoms with van der Waals surface area (Å²) in [5.41, 5.74) is 0.867. The Morgan fingerprint density at radius 2 is 1.88 bits per heavy atom. The third kappa shape index (κ3) is 2.73. The number of para-hydroxylation sites is 1. The van der Waals surface area contributed by atoms with Crippen LogP contribution in [0.5, 0.6) is 0 Å². The van der Waals surface area contributed by atoms with Gasteiger partial charge in [-0.1, -0.05) is 12.1 Å². The van der Waals surface area contributed by atoms with E-state index in [4.69, 9.17) is 0 Å². The summed E-state index contributed by atoms with van der Waals surface area (Å²) < 4.78 is 4.47. The van der Waals surface area contributed by atoms with Gasteiger partial charge in [0.15, 0.2) is 0 Å². The van der Waals surface area contributed by atoms with Crippen LogP contribution in [0, 0.1) is 0 Å². The molecule has 1 rings (SSSR count). The Balaban J connectivity index is 3.00. The molecule has 0 unspecified atom stereocenters. The molecule has 0 spiro atoms. The Bertz CT molecular complexity index is 402. The molecule has 0 saturated carbocycles. The minimum Gasteiger partial charge on any atom is -0.453 e. The van der Waals surface area contributed by atoms with Crippen molar-refractivity contribution in [3.05, 3.63) is 29.8 Å². The molecular weight excluding hydrogens is 208 g/mol. The minimum absolute atomic E-state index is 0.174. The van der Waals surface area contributed by atoms with Gasteiger partial charge in [0.25, 0.3) is 5.91 Å². The molecule has 1 aromatic rings. The van der Waals surface area contributed by atoms with Crippen LogP contribution in [-0.2, 0) is 4.74 Å². The Labute approximate surface area is 94.0 Å². The topological polar surface area (TPSA) is 58.6 Å². The van der Waals surface area contributed by atoms with Gasteiger partial charge < -0.3 is 9.64 Å². The zero-order valence-electron chi connectivity index (χ0n) is 9.48. The second-order valence-corrected chi connectivity index (χ2v) is 3.36. The summed E-state index contributed by atoms with van der Waals surface area (Å²) >= 11 is 0. The molecule has 1 aromatic carbocycles. The van der Waals surface area contributed by atoms with E-state index in [0.717, 1.165) is 0 Å². The summed E-state index contributed by atoms with van der Waals surface area (Å²) in [4.78, 5) is 24.3. The van der Waals surface area contributed by atoms with Gasteiger partial charge in [0.1, 0.15) is 0 Å². The predicted octanol–water partition coefficient (Wildman–Crippen LogP) is 1.57. The molecule has 5 heteroatoms. The molecule has 0 radical (unpaired) electrons. The lowest BCUT2D eigenvalue weighted by Gasteiger charge is -2.14. The number of methoxy groups -OCH3 is 1. The molecule has 2 amide bonds. The number of rotatable bonds is 2. The van der Waals surface area contributed by atoms with Crippen molar-refractivity contribution >= 4 is 17.7 Å². The van der Waals surface area contributed by atoms with Crippen molar-refractivity contribution in [2.75, 3.05) is 26.5 Å². The van der Waals surface area contributed by atoms with Gasteiger partial charge in [-0.2, -0.15) is 0 Å². The molecule has 1 N–H and O–H groups in total. The molecule has 0 aliphatic carbocycles. The number of nitrogens with one attached hydrogen (secondary N) is 1. The van der Waals surface area contributed by atoms with Gasteiger partial charge in [0.2, 0.25) is 0 Å².